The van der Waals surface area contributed by atoms with E-state index < -0.39 is 0 Å². The number of nitrogens with zero attached hydrogens (tertiary/aromatic N) is 4. The van der Waals surface area contributed by atoms with Crippen LogP contribution in [0.4, 0.5) is 39.8 Å². The normalized spacial score (nSPS) is 10.9. The summed E-state index contributed by atoms with van der Waals surface area (Å²) in [5.74, 6) is 3.08. The molecule has 0 aliphatic rings. The van der Waals surface area contributed by atoms with E-state index in [0.29, 0.717) is 16.7 Å². The van der Waals surface area contributed by atoms with E-state index in [4.69, 9.17) is 18.9 Å². The van der Waals surface area contributed by atoms with Crippen LogP contribution < -0.4 is 28.7 Å². The number of benzene rings is 7. The van der Waals surface area contributed by atoms with Gasteiger partial charge in [0.1, 0.15) is 28.7 Å². The molecule has 7 rings (SSSR count). The van der Waals surface area contributed by atoms with Crippen LogP contribution in [0.1, 0.15) is 27.8 Å². The minimum absolute atomic E-state index is 0.233. The second kappa shape index (κ2) is 18.9. The SMILES string of the molecule is COc1ccc(N(c2ccc(C=Cc3cc(N=O)c(C=Cc4ccc(N(c5ccc(OC)cc5)c5ccc(OC)cc5)cc4)cc3C#N)cc2)c2ccc(OC)cc2)cc1. The topological polar surface area (TPSA) is 96.6 Å². The van der Waals surface area contributed by atoms with Crippen molar-refractivity contribution in [3.63, 3.8) is 0 Å². The summed E-state index contributed by atoms with van der Waals surface area (Å²) in [5, 5.41) is 13.5. The van der Waals surface area contributed by atoms with Crippen molar-refractivity contribution < 1.29 is 18.9 Å². The molecular weight excluding hydrogens is 749 g/mol. The van der Waals surface area contributed by atoms with Crippen LogP contribution in [-0.2, 0) is 0 Å². The molecule has 296 valence electrons. The molecule has 0 aliphatic carbocycles. The molecule has 0 saturated heterocycles. The molecule has 9 heteroatoms. The Morgan fingerprint density at radius 3 is 1.02 bits per heavy atom. The number of anilines is 6. The Hall–Kier alpha value is -8.09. The van der Waals surface area contributed by atoms with Crippen LogP contribution in [0.2, 0.25) is 0 Å². The minimum atomic E-state index is 0.233. The maximum absolute atomic E-state index is 12.1. The minimum Gasteiger partial charge on any atom is -0.497 e. The highest BCUT2D eigenvalue weighted by Crippen LogP contribution is 2.38. The molecule has 0 saturated carbocycles. The first-order valence-electron chi connectivity index (χ1n) is 19.1. The standard InChI is InChI=1S/C51H42N4O5/c1-57-47-25-17-43(18-26-47)54(44-19-27-48(58-2)28-20-44)41-13-7-36(8-14-41)5-11-38-34-51(53-56)39(33-40(38)35-52)12-6-37-9-15-42(16-10-37)55(45-21-29-49(59-3)30-22-45)46-23-31-50(60-4)32-24-46/h5-34H,1-4H3. The Labute approximate surface area is 350 Å². The van der Waals surface area contributed by atoms with E-state index in [1.807, 2.05) is 164 Å². The van der Waals surface area contributed by atoms with E-state index in [1.165, 1.54) is 0 Å². The molecule has 0 heterocycles. The Kier molecular flexibility index (Phi) is 12.6. The largest absolute Gasteiger partial charge is 0.497 e. The van der Waals surface area contributed by atoms with Crippen LogP contribution in [0.5, 0.6) is 23.0 Å². The lowest BCUT2D eigenvalue weighted by Gasteiger charge is -2.26. The number of rotatable bonds is 15. The van der Waals surface area contributed by atoms with Gasteiger partial charge in [-0.15, -0.1) is 4.91 Å². The number of nitroso groups, excluding NO2 is 1. The summed E-state index contributed by atoms with van der Waals surface area (Å²) in [4.78, 5) is 16.4. The monoisotopic (exact) mass is 790 g/mol. The quantitative estimate of drug-likeness (QED) is 0.0748. The van der Waals surface area contributed by atoms with Gasteiger partial charge in [0.15, 0.2) is 0 Å². The van der Waals surface area contributed by atoms with Gasteiger partial charge in [-0.2, -0.15) is 5.26 Å². The zero-order chi connectivity index (χ0) is 41.8. The molecule has 0 aliphatic heterocycles. The lowest BCUT2D eigenvalue weighted by molar-refractivity contribution is 0.414. The van der Waals surface area contributed by atoms with Crippen molar-refractivity contribution in [1.82, 2.24) is 0 Å². The third-order valence-corrected chi connectivity index (χ3v) is 9.95. The van der Waals surface area contributed by atoms with Crippen LogP contribution in [0.3, 0.4) is 0 Å². The molecule has 0 atom stereocenters. The van der Waals surface area contributed by atoms with Gasteiger partial charge in [-0.25, -0.2) is 0 Å². The van der Waals surface area contributed by atoms with Crippen LogP contribution in [0.15, 0.2) is 163 Å². The van der Waals surface area contributed by atoms with Crippen LogP contribution >= 0.6 is 0 Å². The van der Waals surface area contributed by atoms with E-state index >= 15 is 0 Å². The highest BCUT2D eigenvalue weighted by atomic mass is 16.5. The fraction of sp³-hybridized carbons (Fsp3) is 0.0784. The van der Waals surface area contributed by atoms with Gasteiger partial charge in [-0.05, 0) is 155 Å². The highest BCUT2D eigenvalue weighted by molar-refractivity contribution is 5.84. The van der Waals surface area contributed by atoms with Crippen molar-refractivity contribution in [3.8, 4) is 29.1 Å². The maximum Gasteiger partial charge on any atom is 0.119 e. The van der Waals surface area contributed by atoms with Gasteiger partial charge in [0.05, 0.1) is 40.1 Å². The molecule has 9 nitrogen and oxygen atoms in total. The summed E-state index contributed by atoms with van der Waals surface area (Å²) < 4.78 is 21.5. The van der Waals surface area contributed by atoms with E-state index in [0.717, 1.165) is 68.2 Å². The van der Waals surface area contributed by atoms with Crippen molar-refractivity contribution in [2.24, 2.45) is 5.18 Å². The lowest BCUT2D eigenvalue weighted by atomic mass is 10.0. The third-order valence-electron chi connectivity index (χ3n) is 9.95. The van der Waals surface area contributed by atoms with Gasteiger partial charge >= 0.3 is 0 Å². The van der Waals surface area contributed by atoms with Crippen molar-refractivity contribution in [3.05, 3.63) is 190 Å². The Bertz CT molecular complexity index is 2540. The zero-order valence-corrected chi connectivity index (χ0v) is 33.7. The van der Waals surface area contributed by atoms with Crippen molar-refractivity contribution in [2.45, 2.75) is 0 Å². The van der Waals surface area contributed by atoms with Gasteiger partial charge < -0.3 is 28.7 Å². The van der Waals surface area contributed by atoms with E-state index in [1.54, 1.807) is 46.6 Å². The van der Waals surface area contributed by atoms with Crippen LogP contribution in [-0.4, -0.2) is 28.4 Å². The van der Waals surface area contributed by atoms with Crippen molar-refractivity contribution in [1.29, 1.82) is 5.26 Å². The number of nitriles is 1. The molecule has 0 radical (unpaired) electrons. The molecule has 0 amide bonds. The fourth-order valence-electron chi connectivity index (χ4n) is 6.73. The van der Waals surface area contributed by atoms with Gasteiger partial charge in [-0.1, -0.05) is 48.6 Å². The summed E-state index contributed by atoms with van der Waals surface area (Å²) in [7, 11) is 6.59. The molecule has 0 N–H and O–H groups in total. The zero-order valence-electron chi connectivity index (χ0n) is 33.7. The number of hydrogen-bond donors (Lipinski definition) is 0. The Morgan fingerprint density at radius 1 is 0.433 bits per heavy atom. The first-order chi connectivity index (χ1) is 29.4. The van der Waals surface area contributed by atoms with Crippen LogP contribution in [0, 0.1) is 16.2 Å². The van der Waals surface area contributed by atoms with E-state index in [-0.39, 0.29) is 5.69 Å². The second-order valence-electron chi connectivity index (χ2n) is 13.5. The summed E-state index contributed by atoms with van der Waals surface area (Å²) in [5.41, 5.74) is 9.35. The molecule has 0 unspecified atom stereocenters. The van der Waals surface area contributed by atoms with E-state index in [9.17, 15) is 10.2 Å². The summed E-state index contributed by atoms with van der Waals surface area (Å²) in [6, 6.07) is 53.3. The molecule has 7 aromatic carbocycles. The van der Waals surface area contributed by atoms with E-state index in [2.05, 4.69) is 21.0 Å². The lowest BCUT2D eigenvalue weighted by Crippen LogP contribution is -2.09. The molecular formula is C51H42N4O5. The predicted octanol–water partition coefficient (Wildman–Crippen LogP) is 13.3. The molecule has 0 spiro atoms. The smallest absolute Gasteiger partial charge is 0.119 e. The Morgan fingerprint density at radius 2 is 0.733 bits per heavy atom. The maximum atomic E-state index is 12.1. The van der Waals surface area contributed by atoms with Crippen LogP contribution in [0.25, 0.3) is 24.3 Å². The van der Waals surface area contributed by atoms with Gasteiger partial charge in [0.2, 0.25) is 0 Å². The van der Waals surface area contributed by atoms with Crippen molar-refractivity contribution >= 4 is 64.1 Å². The first kappa shape index (κ1) is 40.1. The fourth-order valence-corrected chi connectivity index (χ4v) is 6.73. The van der Waals surface area contributed by atoms with Crippen molar-refractivity contribution in [2.75, 3.05) is 38.2 Å². The third kappa shape index (κ3) is 9.20. The molecule has 60 heavy (non-hydrogen) atoms. The predicted molar refractivity (Wildman–Crippen MR) is 243 cm³/mol. The summed E-state index contributed by atoms with van der Waals surface area (Å²) >= 11 is 0. The molecule has 0 fully saturated rings. The van der Waals surface area contributed by atoms with Gasteiger partial charge in [0, 0.05) is 39.7 Å². The molecule has 7 aromatic rings. The highest BCUT2D eigenvalue weighted by Gasteiger charge is 2.15. The molecule has 0 bridgehead atoms. The van der Waals surface area contributed by atoms with Gasteiger partial charge in [0.25, 0.3) is 0 Å². The average Bonchev–Trinajstić information content (AvgIpc) is 3.32. The van der Waals surface area contributed by atoms with Gasteiger partial charge in [-0.3, -0.25) is 0 Å². The first-order valence-corrected chi connectivity index (χ1v) is 19.1. The summed E-state index contributed by atoms with van der Waals surface area (Å²) in [6.45, 7) is 0. The Balaban J connectivity index is 1.11. The molecule has 0 aromatic heterocycles. The number of methoxy groups -OCH3 is 4. The average molecular weight is 791 g/mol. The number of hydrogen-bond acceptors (Lipinski definition) is 9. The second-order valence-corrected chi connectivity index (χ2v) is 13.5. The number of ether oxygens (including phenoxy) is 4. The summed E-state index contributed by atoms with van der Waals surface area (Å²) in [6.07, 6.45) is 7.45.